The van der Waals surface area contributed by atoms with Crippen LogP contribution in [0.2, 0.25) is 0 Å². The van der Waals surface area contributed by atoms with Crippen LogP contribution in [0.1, 0.15) is 18.1 Å². The van der Waals surface area contributed by atoms with Gasteiger partial charge in [-0.1, -0.05) is 0 Å². The number of nitriles is 1. The Hall–Kier alpha value is -2.07. The number of ether oxygens (including phenoxy) is 1. The van der Waals surface area contributed by atoms with E-state index in [0.717, 1.165) is 6.07 Å². The standard InChI is InChI=1S/C12H9F3N2O2/c1-11(6-19-11)10(18)17-9-3-2-7(5-16)4-8(9)12(13,14)15/h2-4H,6H2,1H3,(H,17,18). The fourth-order valence-corrected chi connectivity index (χ4v) is 1.45. The Kier molecular flexibility index (Phi) is 2.98. The third-order valence-corrected chi connectivity index (χ3v) is 2.76. The van der Waals surface area contributed by atoms with Gasteiger partial charge in [-0.2, -0.15) is 18.4 Å². The number of rotatable bonds is 2. The molecule has 1 heterocycles. The SMILES string of the molecule is CC1(C(=O)Nc2ccc(C#N)cc2C(F)(F)F)CO1. The van der Waals surface area contributed by atoms with Gasteiger partial charge in [0, 0.05) is 0 Å². The molecule has 0 spiro atoms. The van der Waals surface area contributed by atoms with Crippen molar-refractivity contribution in [3.05, 3.63) is 29.3 Å². The largest absolute Gasteiger partial charge is 0.418 e. The molecular weight excluding hydrogens is 261 g/mol. The van der Waals surface area contributed by atoms with Crippen molar-refractivity contribution in [1.29, 1.82) is 5.26 Å². The summed E-state index contributed by atoms with van der Waals surface area (Å²) >= 11 is 0. The number of carbonyl (C=O) groups excluding carboxylic acids is 1. The van der Waals surface area contributed by atoms with Crippen molar-refractivity contribution < 1.29 is 22.7 Å². The molecule has 0 aromatic heterocycles. The lowest BCUT2D eigenvalue weighted by molar-refractivity contribution is -0.137. The van der Waals surface area contributed by atoms with Crippen LogP contribution in [0, 0.1) is 11.3 Å². The number of anilines is 1. The summed E-state index contributed by atoms with van der Waals surface area (Å²) in [4.78, 5) is 11.7. The van der Waals surface area contributed by atoms with Gasteiger partial charge in [-0.25, -0.2) is 0 Å². The number of halogens is 3. The van der Waals surface area contributed by atoms with Gasteiger partial charge in [-0.15, -0.1) is 0 Å². The molecule has 1 saturated heterocycles. The maximum absolute atomic E-state index is 12.8. The van der Waals surface area contributed by atoms with Crippen LogP contribution in [0.15, 0.2) is 18.2 Å². The summed E-state index contributed by atoms with van der Waals surface area (Å²) in [5.41, 5.74) is -2.62. The molecule has 4 nitrogen and oxygen atoms in total. The first kappa shape index (κ1) is 13.4. The van der Waals surface area contributed by atoms with Gasteiger partial charge in [0.2, 0.25) is 0 Å². The van der Waals surface area contributed by atoms with E-state index >= 15 is 0 Å². The lowest BCUT2D eigenvalue weighted by atomic mass is 10.1. The molecule has 2 rings (SSSR count). The quantitative estimate of drug-likeness (QED) is 0.838. The van der Waals surface area contributed by atoms with Gasteiger partial charge in [-0.05, 0) is 25.1 Å². The average molecular weight is 270 g/mol. The molecule has 1 aliphatic rings. The Bertz CT molecular complexity index is 571. The zero-order chi connectivity index (χ0) is 14.3. The molecular formula is C12H9F3N2O2. The van der Waals surface area contributed by atoms with Crippen molar-refractivity contribution >= 4 is 11.6 Å². The van der Waals surface area contributed by atoms with Crippen molar-refractivity contribution in [3.63, 3.8) is 0 Å². The van der Waals surface area contributed by atoms with Crippen LogP contribution in [-0.2, 0) is 15.7 Å². The lowest BCUT2D eigenvalue weighted by Gasteiger charge is -2.15. The van der Waals surface area contributed by atoms with Crippen LogP contribution < -0.4 is 5.32 Å². The maximum Gasteiger partial charge on any atom is 0.418 e. The summed E-state index contributed by atoms with van der Waals surface area (Å²) in [6.45, 7) is 1.66. The molecule has 0 aliphatic carbocycles. The van der Waals surface area contributed by atoms with Crippen LogP contribution in [-0.4, -0.2) is 18.1 Å². The highest BCUT2D eigenvalue weighted by molar-refractivity contribution is 5.99. The van der Waals surface area contributed by atoms with Gasteiger partial charge in [-0.3, -0.25) is 4.79 Å². The lowest BCUT2D eigenvalue weighted by Crippen LogP contribution is -2.29. The van der Waals surface area contributed by atoms with E-state index in [0.29, 0.717) is 6.07 Å². The Labute approximate surface area is 106 Å². The minimum atomic E-state index is -4.65. The molecule has 100 valence electrons. The van der Waals surface area contributed by atoms with Crippen molar-refractivity contribution in [2.45, 2.75) is 18.7 Å². The van der Waals surface area contributed by atoms with Crippen molar-refractivity contribution in [3.8, 4) is 6.07 Å². The van der Waals surface area contributed by atoms with Crippen LogP contribution in [0.4, 0.5) is 18.9 Å². The molecule has 19 heavy (non-hydrogen) atoms. The van der Waals surface area contributed by atoms with Gasteiger partial charge in [0.25, 0.3) is 5.91 Å². The number of carbonyl (C=O) groups is 1. The first-order chi connectivity index (χ1) is 8.76. The third-order valence-electron chi connectivity index (χ3n) is 2.76. The van der Waals surface area contributed by atoms with E-state index in [1.165, 1.54) is 13.0 Å². The molecule has 0 bridgehead atoms. The van der Waals surface area contributed by atoms with Crippen molar-refractivity contribution in [1.82, 2.24) is 0 Å². The number of hydrogen-bond acceptors (Lipinski definition) is 3. The Balaban J connectivity index is 2.34. The summed E-state index contributed by atoms with van der Waals surface area (Å²) in [5, 5.41) is 10.8. The predicted octanol–water partition coefficient (Wildman–Crippen LogP) is 2.30. The monoisotopic (exact) mass is 270 g/mol. The average Bonchev–Trinajstić information content (AvgIpc) is 3.08. The molecule has 1 aromatic carbocycles. The first-order valence-electron chi connectivity index (χ1n) is 5.33. The van der Waals surface area contributed by atoms with E-state index in [4.69, 9.17) is 10.00 Å². The number of nitrogens with zero attached hydrogens (tertiary/aromatic N) is 1. The fourth-order valence-electron chi connectivity index (χ4n) is 1.45. The third kappa shape index (κ3) is 2.69. The van der Waals surface area contributed by atoms with E-state index in [-0.39, 0.29) is 17.9 Å². The molecule has 1 aliphatic heterocycles. The van der Waals surface area contributed by atoms with E-state index in [9.17, 15) is 18.0 Å². The minimum Gasteiger partial charge on any atom is -0.359 e. The highest BCUT2D eigenvalue weighted by Gasteiger charge is 2.48. The zero-order valence-electron chi connectivity index (χ0n) is 9.84. The number of nitrogens with one attached hydrogen (secondary N) is 1. The predicted molar refractivity (Wildman–Crippen MR) is 59.1 cm³/mol. The summed E-state index contributed by atoms with van der Waals surface area (Å²) in [6.07, 6.45) is -4.65. The number of amides is 1. The van der Waals surface area contributed by atoms with Gasteiger partial charge in [0.05, 0.1) is 29.5 Å². The Morgan fingerprint density at radius 2 is 2.16 bits per heavy atom. The van der Waals surface area contributed by atoms with Crippen LogP contribution in [0.3, 0.4) is 0 Å². The van der Waals surface area contributed by atoms with E-state index in [1.807, 2.05) is 0 Å². The summed E-state index contributed by atoms with van der Waals surface area (Å²) in [7, 11) is 0. The first-order valence-corrected chi connectivity index (χ1v) is 5.33. The number of alkyl halides is 3. The maximum atomic E-state index is 12.8. The summed E-state index contributed by atoms with van der Waals surface area (Å²) < 4.78 is 43.4. The Morgan fingerprint density at radius 3 is 2.63 bits per heavy atom. The molecule has 1 aromatic rings. The zero-order valence-corrected chi connectivity index (χ0v) is 9.84. The summed E-state index contributed by atoms with van der Waals surface area (Å²) in [5.74, 6) is -0.636. The highest BCUT2D eigenvalue weighted by Crippen LogP contribution is 2.36. The molecule has 1 atom stereocenters. The topological polar surface area (TPSA) is 65.4 Å². The molecule has 1 N–H and O–H groups in total. The number of hydrogen-bond donors (Lipinski definition) is 1. The number of epoxide rings is 1. The van der Waals surface area contributed by atoms with Gasteiger partial charge < -0.3 is 10.1 Å². The normalized spacial score (nSPS) is 21.6. The second kappa shape index (κ2) is 4.24. The van der Waals surface area contributed by atoms with Crippen LogP contribution >= 0.6 is 0 Å². The van der Waals surface area contributed by atoms with Crippen LogP contribution in [0.25, 0.3) is 0 Å². The van der Waals surface area contributed by atoms with Crippen molar-refractivity contribution in [2.24, 2.45) is 0 Å². The second-order valence-corrected chi connectivity index (χ2v) is 4.34. The van der Waals surface area contributed by atoms with E-state index in [1.54, 1.807) is 6.07 Å². The number of benzene rings is 1. The van der Waals surface area contributed by atoms with Gasteiger partial charge >= 0.3 is 6.18 Å². The van der Waals surface area contributed by atoms with Crippen LogP contribution in [0.5, 0.6) is 0 Å². The second-order valence-electron chi connectivity index (χ2n) is 4.34. The molecule has 0 saturated carbocycles. The summed E-state index contributed by atoms with van der Waals surface area (Å²) in [6, 6.07) is 4.60. The fraction of sp³-hybridized carbons (Fsp3) is 0.333. The highest BCUT2D eigenvalue weighted by atomic mass is 19.4. The van der Waals surface area contributed by atoms with E-state index < -0.39 is 23.2 Å². The van der Waals surface area contributed by atoms with Gasteiger partial charge in [0.1, 0.15) is 0 Å². The minimum absolute atomic E-state index is 0.126. The molecule has 7 heteroatoms. The molecule has 1 amide bonds. The molecule has 1 fully saturated rings. The molecule has 0 radical (unpaired) electrons. The Morgan fingerprint density at radius 1 is 1.53 bits per heavy atom. The van der Waals surface area contributed by atoms with Gasteiger partial charge in [0.15, 0.2) is 5.60 Å². The smallest absolute Gasteiger partial charge is 0.359 e. The van der Waals surface area contributed by atoms with E-state index in [2.05, 4.69) is 5.32 Å². The molecule has 1 unspecified atom stereocenters. The van der Waals surface area contributed by atoms with Crippen molar-refractivity contribution in [2.75, 3.05) is 11.9 Å².